The molecule has 2 aromatic heterocycles. The number of carbonyl (C=O) groups is 2. The number of aromatic nitrogens is 4. The standard InChI is InChI=1S/C18H18N6O2/c1-2-13-5-7-15(8-6-13)23-18(26)17(25)21-10-14-4-3-9-20-16(14)24-12-19-11-22-24/h3-9,11-12H,2,10H2,1H3,(H,21,25)(H,23,26). The Morgan fingerprint density at radius 2 is 1.92 bits per heavy atom. The first-order valence-electron chi connectivity index (χ1n) is 8.14. The molecule has 0 unspecified atom stereocenters. The molecule has 3 rings (SSSR count). The second-order valence-corrected chi connectivity index (χ2v) is 5.51. The number of carbonyl (C=O) groups excluding carboxylic acids is 2. The molecule has 0 fully saturated rings. The quantitative estimate of drug-likeness (QED) is 0.679. The lowest BCUT2D eigenvalue weighted by atomic mass is 10.1. The largest absolute Gasteiger partial charge is 0.344 e. The van der Waals surface area contributed by atoms with Crippen molar-refractivity contribution in [3.63, 3.8) is 0 Å². The zero-order chi connectivity index (χ0) is 18.4. The van der Waals surface area contributed by atoms with E-state index in [-0.39, 0.29) is 6.54 Å². The molecule has 2 heterocycles. The van der Waals surface area contributed by atoms with E-state index in [4.69, 9.17) is 0 Å². The van der Waals surface area contributed by atoms with E-state index in [9.17, 15) is 9.59 Å². The Hall–Kier alpha value is -3.55. The van der Waals surface area contributed by atoms with E-state index in [1.54, 1.807) is 30.5 Å². The molecule has 8 heteroatoms. The minimum atomic E-state index is -0.724. The lowest BCUT2D eigenvalue weighted by Crippen LogP contribution is -2.35. The third-order valence-electron chi connectivity index (χ3n) is 3.77. The number of benzene rings is 1. The van der Waals surface area contributed by atoms with Crippen LogP contribution in [0.5, 0.6) is 0 Å². The van der Waals surface area contributed by atoms with Gasteiger partial charge in [0, 0.05) is 24.0 Å². The Balaban J connectivity index is 1.61. The van der Waals surface area contributed by atoms with Crippen LogP contribution in [0.15, 0.2) is 55.2 Å². The molecule has 0 bridgehead atoms. The summed E-state index contributed by atoms with van der Waals surface area (Å²) in [5.41, 5.74) is 2.45. The molecule has 0 aliphatic heterocycles. The fourth-order valence-corrected chi connectivity index (χ4v) is 2.36. The Labute approximate surface area is 150 Å². The minimum absolute atomic E-state index is 0.143. The summed E-state index contributed by atoms with van der Waals surface area (Å²) in [6, 6.07) is 10.9. The van der Waals surface area contributed by atoms with E-state index >= 15 is 0 Å². The van der Waals surface area contributed by atoms with Crippen LogP contribution in [0.1, 0.15) is 18.1 Å². The monoisotopic (exact) mass is 350 g/mol. The molecule has 0 aliphatic carbocycles. The molecule has 0 spiro atoms. The third kappa shape index (κ3) is 4.10. The van der Waals surface area contributed by atoms with Crippen molar-refractivity contribution in [2.75, 3.05) is 5.32 Å². The van der Waals surface area contributed by atoms with Crippen LogP contribution >= 0.6 is 0 Å². The van der Waals surface area contributed by atoms with Crippen LogP contribution in [-0.4, -0.2) is 31.6 Å². The Morgan fingerprint density at radius 3 is 2.62 bits per heavy atom. The predicted octanol–water partition coefficient (Wildman–Crippen LogP) is 1.48. The molecule has 1 aromatic carbocycles. The average molecular weight is 350 g/mol. The Kier molecular flexibility index (Phi) is 5.33. The van der Waals surface area contributed by atoms with E-state index in [1.807, 2.05) is 19.1 Å². The number of rotatable bonds is 5. The fourth-order valence-electron chi connectivity index (χ4n) is 2.36. The van der Waals surface area contributed by atoms with Crippen molar-refractivity contribution < 1.29 is 9.59 Å². The number of amides is 2. The highest BCUT2D eigenvalue weighted by Gasteiger charge is 2.15. The lowest BCUT2D eigenvalue weighted by Gasteiger charge is -2.10. The molecule has 8 nitrogen and oxygen atoms in total. The maximum atomic E-state index is 12.1. The lowest BCUT2D eigenvalue weighted by molar-refractivity contribution is -0.136. The summed E-state index contributed by atoms with van der Waals surface area (Å²) in [4.78, 5) is 32.2. The van der Waals surface area contributed by atoms with Crippen molar-refractivity contribution in [3.8, 4) is 5.82 Å². The van der Waals surface area contributed by atoms with Crippen LogP contribution in [-0.2, 0) is 22.6 Å². The van der Waals surface area contributed by atoms with Gasteiger partial charge in [-0.25, -0.2) is 14.6 Å². The maximum Gasteiger partial charge on any atom is 0.313 e. The second kappa shape index (κ2) is 8.02. The van der Waals surface area contributed by atoms with Gasteiger partial charge in [0.1, 0.15) is 12.7 Å². The predicted molar refractivity (Wildman–Crippen MR) is 95.5 cm³/mol. The Morgan fingerprint density at radius 1 is 1.12 bits per heavy atom. The van der Waals surface area contributed by atoms with Crippen LogP contribution in [0.25, 0.3) is 5.82 Å². The van der Waals surface area contributed by atoms with Crippen LogP contribution in [0.4, 0.5) is 5.69 Å². The van der Waals surface area contributed by atoms with Gasteiger partial charge < -0.3 is 10.6 Å². The highest BCUT2D eigenvalue weighted by Crippen LogP contribution is 2.11. The zero-order valence-corrected chi connectivity index (χ0v) is 14.2. The molecular formula is C18H18N6O2. The first-order chi connectivity index (χ1) is 12.7. The summed E-state index contributed by atoms with van der Waals surface area (Å²) < 4.78 is 1.50. The summed E-state index contributed by atoms with van der Waals surface area (Å²) in [6.45, 7) is 2.19. The molecule has 0 radical (unpaired) electrons. The highest BCUT2D eigenvalue weighted by molar-refractivity contribution is 6.39. The van der Waals surface area contributed by atoms with Gasteiger partial charge >= 0.3 is 11.8 Å². The second-order valence-electron chi connectivity index (χ2n) is 5.51. The van der Waals surface area contributed by atoms with Crippen molar-refractivity contribution >= 4 is 17.5 Å². The van der Waals surface area contributed by atoms with Crippen LogP contribution in [0.2, 0.25) is 0 Å². The number of aryl methyl sites for hydroxylation is 1. The minimum Gasteiger partial charge on any atom is -0.344 e. The Bertz CT molecular complexity index is 890. The van der Waals surface area contributed by atoms with Crippen molar-refractivity contribution in [2.24, 2.45) is 0 Å². The summed E-state index contributed by atoms with van der Waals surface area (Å²) in [5.74, 6) is -0.903. The number of nitrogens with one attached hydrogen (secondary N) is 2. The van der Waals surface area contributed by atoms with Crippen LogP contribution in [0, 0.1) is 0 Å². The molecule has 2 amide bonds. The molecule has 0 aliphatic rings. The van der Waals surface area contributed by atoms with Gasteiger partial charge in [0.05, 0.1) is 0 Å². The number of hydrogen-bond donors (Lipinski definition) is 2. The number of nitrogens with zero attached hydrogens (tertiary/aromatic N) is 4. The zero-order valence-electron chi connectivity index (χ0n) is 14.2. The van der Waals surface area contributed by atoms with E-state index in [0.717, 1.165) is 12.0 Å². The highest BCUT2D eigenvalue weighted by atomic mass is 16.2. The van der Waals surface area contributed by atoms with Gasteiger partial charge in [0.2, 0.25) is 0 Å². The smallest absolute Gasteiger partial charge is 0.313 e. The topological polar surface area (TPSA) is 102 Å². The number of hydrogen-bond acceptors (Lipinski definition) is 5. The summed E-state index contributed by atoms with van der Waals surface area (Å²) in [6.07, 6.45) is 5.44. The van der Waals surface area contributed by atoms with E-state index in [1.165, 1.54) is 17.3 Å². The summed E-state index contributed by atoms with van der Waals surface area (Å²) in [7, 11) is 0. The number of pyridine rings is 1. The molecule has 2 N–H and O–H groups in total. The van der Waals surface area contributed by atoms with Gasteiger partial charge in [-0.05, 0) is 30.2 Å². The van der Waals surface area contributed by atoms with Crippen molar-refractivity contribution in [3.05, 3.63) is 66.4 Å². The molecule has 0 saturated heterocycles. The van der Waals surface area contributed by atoms with Crippen LogP contribution < -0.4 is 10.6 Å². The van der Waals surface area contributed by atoms with Crippen molar-refractivity contribution in [2.45, 2.75) is 19.9 Å². The van der Waals surface area contributed by atoms with Gasteiger partial charge in [0.15, 0.2) is 5.82 Å². The van der Waals surface area contributed by atoms with Gasteiger partial charge in [-0.1, -0.05) is 25.1 Å². The first kappa shape index (κ1) is 17.3. The molecule has 0 atom stereocenters. The first-order valence-corrected chi connectivity index (χ1v) is 8.14. The summed E-state index contributed by atoms with van der Waals surface area (Å²) >= 11 is 0. The van der Waals surface area contributed by atoms with Gasteiger partial charge in [-0.15, -0.1) is 0 Å². The van der Waals surface area contributed by atoms with Gasteiger partial charge in [-0.3, -0.25) is 9.59 Å². The SMILES string of the molecule is CCc1ccc(NC(=O)C(=O)NCc2cccnc2-n2cncn2)cc1. The maximum absolute atomic E-state index is 12.1. The van der Waals surface area contributed by atoms with Crippen molar-refractivity contribution in [1.82, 2.24) is 25.1 Å². The number of anilines is 1. The fraction of sp³-hybridized carbons (Fsp3) is 0.167. The van der Waals surface area contributed by atoms with Crippen molar-refractivity contribution in [1.29, 1.82) is 0 Å². The average Bonchev–Trinajstić information content (AvgIpc) is 3.21. The normalized spacial score (nSPS) is 10.3. The third-order valence-corrected chi connectivity index (χ3v) is 3.77. The molecule has 0 saturated carbocycles. The molecule has 132 valence electrons. The van der Waals surface area contributed by atoms with E-state index in [0.29, 0.717) is 17.1 Å². The van der Waals surface area contributed by atoms with Gasteiger partial charge in [-0.2, -0.15) is 5.10 Å². The van der Waals surface area contributed by atoms with E-state index in [2.05, 4.69) is 25.7 Å². The molecule has 3 aromatic rings. The van der Waals surface area contributed by atoms with Crippen LogP contribution in [0.3, 0.4) is 0 Å². The molecule has 26 heavy (non-hydrogen) atoms. The summed E-state index contributed by atoms with van der Waals surface area (Å²) in [5, 5.41) is 9.20. The molecular weight excluding hydrogens is 332 g/mol. The van der Waals surface area contributed by atoms with E-state index < -0.39 is 11.8 Å². The van der Waals surface area contributed by atoms with Gasteiger partial charge in [0.25, 0.3) is 0 Å².